The highest BCUT2D eigenvalue weighted by molar-refractivity contribution is 14.1. The van der Waals surface area contributed by atoms with Gasteiger partial charge in [0.25, 0.3) is 0 Å². The number of hydrogen-bond donors (Lipinski definition) is 3. The Morgan fingerprint density at radius 1 is 1.38 bits per heavy atom. The first kappa shape index (κ1) is 18.7. The van der Waals surface area contributed by atoms with Gasteiger partial charge in [-0.2, -0.15) is 0 Å². The lowest BCUT2D eigenvalue weighted by Crippen LogP contribution is -2.48. The van der Waals surface area contributed by atoms with Gasteiger partial charge in [0.15, 0.2) is 23.2 Å². The quantitative estimate of drug-likeness (QED) is 0.434. The van der Waals surface area contributed by atoms with Crippen LogP contribution in [0.1, 0.15) is 11.8 Å². The molecule has 0 radical (unpaired) electrons. The number of anilines is 1. The zero-order valence-corrected chi connectivity index (χ0v) is 17.1. The van der Waals surface area contributed by atoms with Crippen LogP contribution in [0.2, 0.25) is 0 Å². The van der Waals surface area contributed by atoms with Crippen molar-refractivity contribution in [3.63, 3.8) is 0 Å². The molecule has 1 aromatic carbocycles. The van der Waals surface area contributed by atoms with E-state index in [1.165, 1.54) is 12.7 Å². The average molecular weight is 509 g/mol. The number of benzene rings is 1. The van der Waals surface area contributed by atoms with Crippen LogP contribution in [0, 0.1) is 3.57 Å². The summed E-state index contributed by atoms with van der Waals surface area (Å²) in [6.07, 6.45) is -0.0517. The van der Waals surface area contributed by atoms with Gasteiger partial charge in [0.1, 0.15) is 18.5 Å². The Morgan fingerprint density at radius 3 is 3.00 bits per heavy atom. The van der Waals surface area contributed by atoms with Crippen LogP contribution in [0.4, 0.5) is 5.82 Å². The predicted octanol–water partition coefficient (Wildman–Crippen LogP) is 1.15. The van der Waals surface area contributed by atoms with E-state index in [9.17, 15) is 15.0 Å². The van der Waals surface area contributed by atoms with Crippen molar-refractivity contribution in [2.24, 2.45) is 0 Å². The summed E-state index contributed by atoms with van der Waals surface area (Å²) in [5, 5.41) is 23.1. The molecule has 11 heteroatoms. The molecule has 0 spiro atoms. The predicted molar refractivity (Wildman–Crippen MR) is 108 cm³/mol. The van der Waals surface area contributed by atoms with Gasteiger partial charge in [-0.3, -0.25) is 4.57 Å². The summed E-state index contributed by atoms with van der Waals surface area (Å²) in [6.45, 7) is 0.358. The molecule has 29 heavy (non-hydrogen) atoms. The van der Waals surface area contributed by atoms with E-state index in [1.54, 1.807) is 4.57 Å². The van der Waals surface area contributed by atoms with E-state index in [-0.39, 0.29) is 6.61 Å². The van der Waals surface area contributed by atoms with Crippen molar-refractivity contribution in [3.8, 4) is 0 Å². The third-order valence-corrected chi connectivity index (χ3v) is 5.91. The molecule has 150 valence electrons. The molecule has 2 aromatic heterocycles. The first-order chi connectivity index (χ1) is 14.0. The fourth-order valence-corrected chi connectivity index (χ4v) is 4.35. The number of carbonyl (C=O) groups is 1. The SMILES string of the molecule is O=C(O)[C@]12CO[C@@H](C1O)[C@H](n1cnc3c(NCc4cccc(I)c4)ncnc31)O2. The zero-order chi connectivity index (χ0) is 20.2. The van der Waals surface area contributed by atoms with Crippen LogP contribution in [0.3, 0.4) is 0 Å². The summed E-state index contributed by atoms with van der Waals surface area (Å²) in [7, 11) is 0. The number of hydrogen-bond acceptors (Lipinski definition) is 8. The summed E-state index contributed by atoms with van der Waals surface area (Å²) in [5.74, 6) is -0.709. The summed E-state index contributed by atoms with van der Waals surface area (Å²) in [5.41, 5.74) is 0.298. The number of carboxylic acid groups (broad SMARTS) is 1. The Balaban J connectivity index is 1.44. The van der Waals surface area contributed by atoms with Crippen molar-refractivity contribution in [2.75, 3.05) is 11.9 Å². The van der Waals surface area contributed by atoms with Gasteiger partial charge in [0, 0.05) is 10.1 Å². The number of halogens is 1. The van der Waals surface area contributed by atoms with Crippen molar-refractivity contribution in [1.82, 2.24) is 19.5 Å². The van der Waals surface area contributed by atoms with Crippen molar-refractivity contribution < 1.29 is 24.5 Å². The summed E-state index contributed by atoms with van der Waals surface area (Å²) in [4.78, 5) is 24.6. The number of aliphatic hydroxyl groups excluding tert-OH is 1. The molecule has 4 atom stereocenters. The first-order valence-electron chi connectivity index (χ1n) is 8.86. The number of imidazole rings is 1. The second kappa shape index (κ2) is 6.86. The normalized spacial score (nSPS) is 28.1. The maximum Gasteiger partial charge on any atom is 0.341 e. The number of fused-ring (bicyclic) bond motifs is 3. The number of carboxylic acids is 1. The molecule has 2 aliphatic rings. The molecular formula is C18H16IN5O5. The monoisotopic (exact) mass is 509 g/mol. The largest absolute Gasteiger partial charge is 0.479 e. The van der Waals surface area contributed by atoms with Crippen molar-refractivity contribution >= 4 is 45.5 Å². The van der Waals surface area contributed by atoms with Gasteiger partial charge >= 0.3 is 5.97 Å². The highest BCUT2D eigenvalue weighted by atomic mass is 127. The van der Waals surface area contributed by atoms with E-state index in [4.69, 9.17) is 9.47 Å². The van der Waals surface area contributed by atoms with Crippen LogP contribution in [0.25, 0.3) is 11.2 Å². The van der Waals surface area contributed by atoms with Crippen LogP contribution in [0.5, 0.6) is 0 Å². The van der Waals surface area contributed by atoms with Crippen LogP contribution in [-0.4, -0.2) is 60.1 Å². The topological polar surface area (TPSA) is 132 Å². The lowest BCUT2D eigenvalue weighted by Gasteiger charge is -2.27. The van der Waals surface area contributed by atoms with Crippen LogP contribution < -0.4 is 5.32 Å². The molecule has 1 unspecified atom stereocenters. The minimum Gasteiger partial charge on any atom is -0.479 e. The molecule has 3 N–H and O–H groups in total. The third kappa shape index (κ3) is 2.87. The summed E-state index contributed by atoms with van der Waals surface area (Å²) >= 11 is 2.26. The molecule has 0 saturated carbocycles. The minimum absolute atomic E-state index is 0.199. The minimum atomic E-state index is -1.77. The van der Waals surface area contributed by atoms with E-state index in [0.29, 0.717) is 23.5 Å². The van der Waals surface area contributed by atoms with Gasteiger partial charge in [0.05, 0.1) is 12.9 Å². The Hall–Kier alpha value is -2.35. The van der Waals surface area contributed by atoms with Gasteiger partial charge in [-0.25, -0.2) is 19.7 Å². The number of nitrogens with zero attached hydrogens (tertiary/aromatic N) is 4. The van der Waals surface area contributed by atoms with Gasteiger partial charge < -0.3 is 25.0 Å². The standard InChI is InChI=1S/C18H16IN5O5/c19-10-3-1-2-9(4-10)5-20-14-11-15(22-7-21-14)24(8-23-11)16-12-13(25)18(29-16,6-28-12)17(26)27/h1-4,7-8,12-13,16,25H,5-6H2,(H,26,27)(H,20,21,22)/t12-,13?,16+,18-/m0/s1. The number of aliphatic carboxylic acids is 1. The van der Waals surface area contributed by atoms with Crippen LogP contribution in [-0.2, 0) is 20.8 Å². The molecule has 10 nitrogen and oxygen atoms in total. The molecule has 2 saturated heterocycles. The molecule has 4 heterocycles. The van der Waals surface area contributed by atoms with E-state index < -0.39 is 30.0 Å². The highest BCUT2D eigenvalue weighted by Crippen LogP contribution is 2.45. The fourth-order valence-electron chi connectivity index (χ4n) is 3.74. The van der Waals surface area contributed by atoms with E-state index in [1.807, 2.05) is 18.2 Å². The third-order valence-electron chi connectivity index (χ3n) is 5.24. The first-order valence-corrected chi connectivity index (χ1v) is 9.94. The maximum atomic E-state index is 11.6. The van der Waals surface area contributed by atoms with Gasteiger partial charge in [-0.15, -0.1) is 0 Å². The van der Waals surface area contributed by atoms with E-state index in [0.717, 1.165) is 9.13 Å². The fraction of sp³-hybridized carbons (Fsp3) is 0.333. The molecule has 0 aliphatic carbocycles. The average Bonchev–Trinajstić information content (AvgIpc) is 3.37. The zero-order valence-electron chi connectivity index (χ0n) is 14.9. The lowest BCUT2D eigenvalue weighted by molar-refractivity contribution is -0.198. The van der Waals surface area contributed by atoms with Crippen molar-refractivity contribution in [3.05, 3.63) is 46.1 Å². The van der Waals surface area contributed by atoms with Gasteiger partial charge in [0.2, 0.25) is 5.60 Å². The molecule has 2 aliphatic heterocycles. The summed E-state index contributed by atoms with van der Waals surface area (Å²) < 4.78 is 13.9. The second-order valence-corrected chi connectivity index (χ2v) is 8.20. The summed E-state index contributed by atoms with van der Waals surface area (Å²) in [6, 6.07) is 8.08. The van der Waals surface area contributed by atoms with Crippen molar-refractivity contribution in [1.29, 1.82) is 0 Å². The number of aromatic nitrogens is 4. The molecular weight excluding hydrogens is 493 g/mol. The molecule has 5 rings (SSSR count). The van der Waals surface area contributed by atoms with Gasteiger partial charge in [-0.1, -0.05) is 12.1 Å². The smallest absolute Gasteiger partial charge is 0.341 e. The van der Waals surface area contributed by atoms with Crippen LogP contribution in [0.15, 0.2) is 36.9 Å². The Labute approximate surface area is 178 Å². The lowest BCUT2D eigenvalue weighted by atomic mass is 10.00. The molecule has 2 bridgehead atoms. The Morgan fingerprint density at radius 2 is 2.24 bits per heavy atom. The molecule has 3 aromatic rings. The number of rotatable bonds is 5. The van der Waals surface area contributed by atoms with E-state index >= 15 is 0 Å². The highest BCUT2D eigenvalue weighted by Gasteiger charge is 2.66. The Bertz CT molecular complexity index is 1110. The maximum absolute atomic E-state index is 11.6. The number of nitrogens with one attached hydrogen (secondary N) is 1. The van der Waals surface area contributed by atoms with Crippen LogP contribution >= 0.6 is 22.6 Å². The van der Waals surface area contributed by atoms with Crippen molar-refractivity contribution in [2.45, 2.75) is 30.6 Å². The second-order valence-electron chi connectivity index (χ2n) is 6.95. The Kier molecular flexibility index (Phi) is 4.42. The van der Waals surface area contributed by atoms with Gasteiger partial charge in [-0.05, 0) is 40.3 Å². The number of ether oxygens (including phenoxy) is 2. The number of aliphatic hydroxyl groups is 1. The molecule has 0 amide bonds. The molecule has 2 fully saturated rings. The van der Waals surface area contributed by atoms with E-state index in [2.05, 4.69) is 48.9 Å².